The van der Waals surface area contributed by atoms with Crippen molar-refractivity contribution in [3.05, 3.63) is 18.0 Å². The highest BCUT2D eigenvalue weighted by molar-refractivity contribution is 7.99. The Hall–Kier alpha value is -0.480. The smallest absolute Gasteiger partial charge is 0.150 e. The molecule has 1 aromatic rings. The molecule has 0 amide bonds. The van der Waals surface area contributed by atoms with Crippen molar-refractivity contribution in [3.8, 4) is 0 Å². The molecule has 0 aliphatic carbocycles. The van der Waals surface area contributed by atoms with Gasteiger partial charge in [0.1, 0.15) is 5.76 Å². The van der Waals surface area contributed by atoms with Crippen LogP contribution in [-0.4, -0.2) is 23.2 Å². The molecule has 0 atom stereocenters. The molecular formula is C8H14N2OS. The zero-order valence-electron chi connectivity index (χ0n) is 7.25. The molecule has 0 aliphatic rings. The van der Waals surface area contributed by atoms with Crippen molar-refractivity contribution in [2.75, 3.05) is 18.1 Å². The average molecular weight is 186 g/mol. The van der Waals surface area contributed by atoms with Gasteiger partial charge in [-0.2, -0.15) is 11.8 Å². The molecule has 68 valence electrons. The van der Waals surface area contributed by atoms with Gasteiger partial charge in [-0.05, 0) is 5.75 Å². The summed E-state index contributed by atoms with van der Waals surface area (Å²) in [6.45, 7) is 3.98. The van der Waals surface area contributed by atoms with E-state index in [1.807, 2.05) is 17.8 Å². The summed E-state index contributed by atoms with van der Waals surface area (Å²) in [5.41, 5.74) is 0. The molecule has 0 saturated carbocycles. The van der Waals surface area contributed by atoms with Gasteiger partial charge in [-0.3, -0.25) is 0 Å². The third-order valence-electron chi connectivity index (χ3n) is 1.42. The molecule has 0 aromatic carbocycles. The van der Waals surface area contributed by atoms with E-state index in [9.17, 15) is 0 Å². The monoisotopic (exact) mass is 186 g/mol. The summed E-state index contributed by atoms with van der Waals surface area (Å²) in [6, 6.07) is 1.87. The molecule has 1 aromatic heterocycles. The molecule has 1 N–H and O–H groups in total. The maximum Gasteiger partial charge on any atom is 0.150 e. The van der Waals surface area contributed by atoms with E-state index in [1.54, 1.807) is 6.20 Å². The highest BCUT2D eigenvalue weighted by Crippen LogP contribution is 1.97. The van der Waals surface area contributed by atoms with Crippen LogP contribution in [0.2, 0.25) is 0 Å². The van der Waals surface area contributed by atoms with Crippen molar-refractivity contribution in [2.45, 2.75) is 13.5 Å². The van der Waals surface area contributed by atoms with E-state index < -0.39 is 0 Å². The summed E-state index contributed by atoms with van der Waals surface area (Å²) in [4.78, 5) is 0. The zero-order valence-corrected chi connectivity index (χ0v) is 8.06. The Morgan fingerprint density at radius 2 is 2.58 bits per heavy atom. The number of hydrogen-bond donors (Lipinski definition) is 1. The second-order valence-corrected chi connectivity index (χ2v) is 3.75. The molecule has 1 heterocycles. The van der Waals surface area contributed by atoms with Crippen LogP contribution in [0.5, 0.6) is 0 Å². The van der Waals surface area contributed by atoms with Gasteiger partial charge in [0, 0.05) is 18.4 Å². The highest BCUT2D eigenvalue weighted by atomic mass is 32.2. The third-order valence-corrected chi connectivity index (χ3v) is 2.32. The molecule has 0 radical (unpaired) electrons. The van der Waals surface area contributed by atoms with Gasteiger partial charge in [0.15, 0.2) is 0 Å². The van der Waals surface area contributed by atoms with Crippen LogP contribution in [0.4, 0.5) is 0 Å². The molecule has 0 unspecified atom stereocenters. The molecule has 0 spiro atoms. The van der Waals surface area contributed by atoms with Gasteiger partial charge in [0.2, 0.25) is 0 Å². The Kier molecular flexibility index (Phi) is 4.87. The molecule has 12 heavy (non-hydrogen) atoms. The van der Waals surface area contributed by atoms with Crippen molar-refractivity contribution < 1.29 is 4.52 Å². The minimum absolute atomic E-state index is 0.782. The predicted molar refractivity (Wildman–Crippen MR) is 51.2 cm³/mol. The highest BCUT2D eigenvalue weighted by Gasteiger charge is 1.94. The van der Waals surface area contributed by atoms with E-state index in [0.29, 0.717) is 0 Å². The summed E-state index contributed by atoms with van der Waals surface area (Å²) < 4.78 is 4.92. The second kappa shape index (κ2) is 6.08. The lowest BCUT2D eigenvalue weighted by Gasteiger charge is -1.99. The summed E-state index contributed by atoms with van der Waals surface area (Å²) in [5, 5.41) is 6.89. The summed E-state index contributed by atoms with van der Waals surface area (Å²) >= 11 is 1.94. The normalized spacial score (nSPS) is 10.4. The predicted octanol–water partition coefficient (Wildman–Crippen LogP) is 1.52. The minimum atomic E-state index is 0.782. The van der Waals surface area contributed by atoms with Crippen molar-refractivity contribution in [3.63, 3.8) is 0 Å². The number of hydrogen-bond acceptors (Lipinski definition) is 4. The van der Waals surface area contributed by atoms with Crippen LogP contribution in [0.1, 0.15) is 12.7 Å². The summed E-state index contributed by atoms with van der Waals surface area (Å²) in [6.07, 6.45) is 1.66. The van der Waals surface area contributed by atoms with Crippen LogP contribution in [0, 0.1) is 0 Å². The quantitative estimate of drug-likeness (QED) is 0.683. The first kappa shape index (κ1) is 9.61. The van der Waals surface area contributed by atoms with Gasteiger partial charge in [-0.15, -0.1) is 0 Å². The van der Waals surface area contributed by atoms with Gasteiger partial charge >= 0.3 is 0 Å². The molecule has 1 rings (SSSR count). The first-order valence-corrected chi connectivity index (χ1v) is 5.27. The Morgan fingerprint density at radius 1 is 1.67 bits per heavy atom. The topological polar surface area (TPSA) is 38.1 Å². The van der Waals surface area contributed by atoms with Crippen molar-refractivity contribution in [1.29, 1.82) is 0 Å². The lowest BCUT2D eigenvalue weighted by atomic mass is 10.4. The van der Waals surface area contributed by atoms with Gasteiger partial charge < -0.3 is 9.84 Å². The lowest BCUT2D eigenvalue weighted by molar-refractivity contribution is 0.374. The van der Waals surface area contributed by atoms with Crippen LogP contribution in [0.15, 0.2) is 16.8 Å². The summed E-state index contributed by atoms with van der Waals surface area (Å²) in [5.74, 6) is 3.24. The Bertz CT molecular complexity index is 189. The van der Waals surface area contributed by atoms with Gasteiger partial charge in [0.25, 0.3) is 0 Å². The van der Waals surface area contributed by atoms with E-state index in [4.69, 9.17) is 4.52 Å². The van der Waals surface area contributed by atoms with E-state index >= 15 is 0 Å². The molecule has 0 aliphatic heterocycles. The molecule has 0 fully saturated rings. The zero-order chi connectivity index (χ0) is 8.65. The van der Waals surface area contributed by atoms with Crippen molar-refractivity contribution in [1.82, 2.24) is 10.5 Å². The number of aromatic nitrogens is 1. The SMILES string of the molecule is CCSCCNCc1ccno1. The van der Waals surface area contributed by atoms with E-state index in [-0.39, 0.29) is 0 Å². The van der Waals surface area contributed by atoms with Gasteiger partial charge in [-0.25, -0.2) is 0 Å². The van der Waals surface area contributed by atoms with Crippen LogP contribution >= 0.6 is 11.8 Å². The molecular weight excluding hydrogens is 172 g/mol. The molecule has 0 bridgehead atoms. The van der Waals surface area contributed by atoms with Crippen LogP contribution in [-0.2, 0) is 6.54 Å². The number of rotatable bonds is 6. The fourth-order valence-corrected chi connectivity index (χ4v) is 1.41. The maximum absolute atomic E-state index is 4.92. The number of nitrogens with zero attached hydrogens (tertiary/aromatic N) is 1. The fourth-order valence-electron chi connectivity index (χ4n) is 0.834. The Balaban J connectivity index is 1.96. The van der Waals surface area contributed by atoms with Crippen LogP contribution in [0.3, 0.4) is 0 Å². The van der Waals surface area contributed by atoms with Crippen LogP contribution < -0.4 is 5.32 Å². The maximum atomic E-state index is 4.92. The first-order valence-electron chi connectivity index (χ1n) is 4.11. The number of thioether (sulfide) groups is 1. The Labute approximate surface area is 76.9 Å². The molecule has 0 saturated heterocycles. The molecule has 3 nitrogen and oxygen atoms in total. The van der Waals surface area contributed by atoms with E-state index in [0.717, 1.165) is 24.6 Å². The first-order chi connectivity index (χ1) is 5.93. The third kappa shape index (κ3) is 3.78. The molecule has 4 heteroatoms. The van der Waals surface area contributed by atoms with Crippen LogP contribution in [0.25, 0.3) is 0 Å². The second-order valence-electron chi connectivity index (χ2n) is 2.35. The largest absolute Gasteiger partial charge is 0.360 e. The minimum Gasteiger partial charge on any atom is -0.360 e. The van der Waals surface area contributed by atoms with Crippen molar-refractivity contribution in [2.24, 2.45) is 0 Å². The Morgan fingerprint density at radius 3 is 3.25 bits per heavy atom. The fraction of sp³-hybridized carbons (Fsp3) is 0.625. The average Bonchev–Trinajstić information content (AvgIpc) is 2.57. The van der Waals surface area contributed by atoms with Crippen molar-refractivity contribution >= 4 is 11.8 Å². The number of nitrogens with one attached hydrogen (secondary N) is 1. The standard InChI is InChI=1S/C8H14N2OS/c1-2-12-6-5-9-7-8-3-4-10-11-8/h3-4,9H,2,5-7H2,1H3. The van der Waals surface area contributed by atoms with E-state index in [1.165, 1.54) is 5.75 Å². The summed E-state index contributed by atoms with van der Waals surface area (Å²) in [7, 11) is 0. The van der Waals surface area contributed by atoms with Gasteiger partial charge in [0.05, 0.1) is 12.7 Å². The van der Waals surface area contributed by atoms with E-state index in [2.05, 4.69) is 17.4 Å². The lowest BCUT2D eigenvalue weighted by Crippen LogP contribution is -2.16. The van der Waals surface area contributed by atoms with Gasteiger partial charge in [-0.1, -0.05) is 12.1 Å².